The van der Waals surface area contributed by atoms with Crippen LogP contribution in [-0.4, -0.2) is 53.9 Å². The first-order valence-corrected chi connectivity index (χ1v) is 9.14. The van der Waals surface area contributed by atoms with Gasteiger partial charge in [0.2, 0.25) is 0 Å². The molecule has 1 aliphatic rings. The number of ketones is 1. The number of benzene rings is 1. The van der Waals surface area contributed by atoms with Crippen molar-refractivity contribution in [1.29, 1.82) is 0 Å². The summed E-state index contributed by atoms with van der Waals surface area (Å²) < 4.78 is 14.6. The number of aromatic nitrogens is 1. The minimum absolute atomic E-state index is 0.0986. The number of aliphatic hydroxyl groups excluding tert-OH is 1. The van der Waals surface area contributed by atoms with Crippen LogP contribution in [0.4, 0.5) is 4.39 Å². The van der Waals surface area contributed by atoms with Crippen molar-refractivity contribution in [2.45, 2.75) is 12.5 Å². The van der Waals surface area contributed by atoms with Gasteiger partial charge in [-0.15, -0.1) is 0 Å². The van der Waals surface area contributed by atoms with Gasteiger partial charge in [0, 0.05) is 36.5 Å². The maximum atomic E-state index is 14.6. The monoisotopic (exact) mass is 384 g/mol. The van der Waals surface area contributed by atoms with Gasteiger partial charge < -0.3 is 14.9 Å². The standard InChI is InChI=1S/C21H22FN3O3/c1-24(2)12-5-13-25-18(15-6-3-4-7-16(15)22)17(20(27)21(25)28)19(26)14-8-10-23-11-9-14/h3-4,6-11,18,26H,5,12-13H2,1-2H3/p+1/t18-/m0/s1. The van der Waals surface area contributed by atoms with E-state index in [2.05, 4.69) is 4.98 Å². The fourth-order valence-corrected chi connectivity index (χ4v) is 3.40. The molecule has 28 heavy (non-hydrogen) atoms. The molecule has 6 nitrogen and oxygen atoms in total. The fraction of sp³-hybridized carbons (Fsp3) is 0.286. The van der Waals surface area contributed by atoms with Gasteiger partial charge in [-0.2, -0.15) is 0 Å². The van der Waals surface area contributed by atoms with Crippen molar-refractivity contribution in [2.24, 2.45) is 0 Å². The van der Waals surface area contributed by atoms with Crippen LogP contribution in [0.2, 0.25) is 0 Å². The molecular formula is C21H23FN3O3+. The predicted molar refractivity (Wildman–Crippen MR) is 102 cm³/mol. The van der Waals surface area contributed by atoms with Crippen LogP contribution in [0.1, 0.15) is 23.6 Å². The second kappa shape index (κ2) is 8.31. The van der Waals surface area contributed by atoms with Gasteiger partial charge in [-0.05, 0) is 18.2 Å². The lowest BCUT2D eigenvalue weighted by Crippen LogP contribution is -3.05. The Morgan fingerprint density at radius 3 is 2.50 bits per heavy atom. The smallest absolute Gasteiger partial charge is 0.295 e. The molecule has 2 heterocycles. The average molecular weight is 384 g/mol. The number of halogens is 1. The molecule has 2 N–H and O–H groups in total. The lowest BCUT2D eigenvalue weighted by Gasteiger charge is -2.25. The van der Waals surface area contributed by atoms with Crippen molar-refractivity contribution in [1.82, 2.24) is 9.88 Å². The Bertz CT molecular complexity index is 912. The molecule has 1 aliphatic heterocycles. The van der Waals surface area contributed by atoms with Gasteiger partial charge in [0.15, 0.2) is 0 Å². The fourth-order valence-electron chi connectivity index (χ4n) is 3.40. The number of nitrogens with zero attached hydrogens (tertiary/aromatic N) is 2. The second-order valence-corrected chi connectivity index (χ2v) is 7.06. The summed E-state index contributed by atoms with van der Waals surface area (Å²) in [5.41, 5.74) is 0.445. The molecule has 1 aromatic carbocycles. The van der Waals surface area contributed by atoms with Gasteiger partial charge in [-0.3, -0.25) is 14.6 Å². The van der Waals surface area contributed by atoms with Gasteiger partial charge in [0.25, 0.3) is 11.7 Å². The molecule has 1 amide bonds. The number of likely N-dealkylation sites (tertiary alicyclic amines) is 1. The van der Waals surface area contributed by atoms with E-state index in [-0.39, 0.29) is 16.9 Å². The van der Waals surface area contributed by atoms with Gasteiger partial charge in [0.1, 0.15) is 11.6 Å². The molecule has 0 aliphatic carbocycles. The minimum Gasteiger partial charge on any atom is -0.507 e. The minimum atomic E-state index is -0.966. The van der Waals surface area contributed by atoms with E-state index in [4.69, 9.17) is 0 Å². The summed E-state index contributed by atoms with van der Waals surface area (Å²) in [7, 11) is 3.98. The zero-order valence-corrected chi connectivity index (χ0v) is 15.9. The first-order valence-electron chi connectivity index (χ1n) is 9.14. The highest BCUT2D eigenvalue weighted by Crippen LogP contribution is 2.40. The zero-order valence-electron chi connectivity index (χ0n) is 15.9. The van der Waals surface area contributed by atoms with E-state index in [1.54, 1.807) is 12.1 Å². The molecule has 3 rings (SSSR count). The highest BCUT2D eigenvalue weighted by Gasteiger charge is 2.46. The molecule has 0 spiro atoms. The highest BCUT2D eigenvalue weighted by atomic mass is 19.1. The predicted octanol–water partition coefficient (Wildman–Crippen LogP) is 1.18. The van der Waals surface area contributed by atoms with Crippen molar-refractivity contribution in [3.05, 3.63) is 71.3 Å². The number of quaternary nitrogens is 1. The molecule has 0 bridgehead atoms. The lowest BCUT2D eigenvalue weighted by molar-refractivity contribution is -0.858. The summed E-state index contributed by atoms with van der Waals surface area (Å²) in [4.78, 5) is 31.9. The number of hydrogen-bond acceptors (Lipinski definition) is 4. The molecular weight excluding hydrogens is 361 g/mol. The molecule has 1 saturated heterocycles. The van der Waals surface area contributed by atoms with Gasteiger partial charge in [0.05, 0.1) is 32.3 Å². The van der Waals surface area contributed by atoms with Gasteiger partial charge in [-0.1, -0.05) is 18.2 Å². The number of carbonyl (C=O) groups is 2. The van der Waals surface area contributed by atoms with E-state index in [0.717, 1.165) is 6.54 Å². The van der Waals surface area contributed by atoms with Crippen LogP contribution in [0.15, 0.2) is 54.4 Å². The van der Waals surface area contributed by atoms with E-state index in [0.29, 0.717) is 18.5 Å². The second-order valence-electron chi connectivity index (χ2n) is 7.06. The topological polar surface area (TPSA) is 74.9 Å². The molecule has 1 aromatic heterocycles. The van der Waals surface area contributed by atoms with Crippen LogP contribution < -0.4 is 4.90 Å². The molecule has 146 valence electrons. The van der Waals surface area contributed by atoms with Crippen molar-refractivity contribution >= 4 is 17.4 Å². The number of rotatable bonds is 6. The third-order valence-corrected chi connectivity index (χ3v) is 4.77. The number of hydrogen-bond donors (Lipinski definition) is 2. The Labute approximate surface area is 162 Å². The molecule has 2 aromatic rings. The Kier molecular flexibility index (Phi) is 5.84. The van der Waals surface area contributed by atoms with E-state index in [9.17, 15) is 19.1 Å². The van der Waals surface area contributed by atoms with Crippen LogP contribution in [-0.2, 0) is 9.59 Å². The summed E-state index contributed by atoms with van der Waals surface area (Å²) in [5.74, 6) is -2.38. The van der Waals surface area contributed by atoms with Crippen molar-refractivity contribution in [2.75, 3.05) is 27.2 Å². The van der Waals surface area contributed by atoms with E-state index in [1.165, 1.54) is 46.5 Å². The number of amides is 1. The number of pyridine rings is 1. The Morgan fingerprint density at radius 1 is 1.18 bits per heavy atom. The van der Waals surface area contributed by atoms with Crippen LogP contribution >= 0.6 is 0 Å². The molecule has 0 radical (unpaired) electrons. The van der Waals surface area contributed by atoms with Crippen LogP contribution in [0, 0.1) is 5.82 Å². The van der Waals surface area contributed by atoms with E-state index >= 15 is 0 Å². The first kappa shape index (κ1) is 19.7. The molecule has 7 heteroatoms. The number of carbonyl (C=O) groups excluding carboxylic acids is 2. The Balaban J connectivity index is 2.10. The quantitative estimate of drug-likeness (QED) is 0.446. The van der Waals surface area contributed by atoms with Crippen LogP contribution in [0.25, 0.3) is 5.76 Å². The highest BCUT2D eigenvalue weighted by molar-refractivity contribution is 6.46. The van der Waals surface area contributed by atoms with Crippen LogP contribution in [0.3, 0.4) is 0 Å². The van der Waals surface area contributed by atoms with Crippen molar-refractivity contribution < 1.29 is 24.0 Å². The third kappa shape index (κ3) is 3.80. The van der Waals surface area contributed by atoms with Crippen molar-refractivity contribution in [3.63, 3.8) is 0 Å². The summed E-state index contributed by atoms with van der Waals surface area (Å²) in [6.45, 7) is 1.08. The Morgan fingerprint density at radius 2 is 1.86 bits per heavy atom. The summed E-state index contributed by atoms with van der Waals surface area (Å²) >= 11 is 0. The zero-order chi connectivity index (χ0) is 20.3. The summed E-state index contributed by atoms with van der Waals surface area (Å²) in [6.07, 6.45) is 3.60. The molecule has 0 unspecified atom stereocenters. The maximum absolute atomic E-state index is 14.6. The molecule has 1 atom stereocenters. The molecule has 1 fully saturated rings. The van der Waals surface area contributed by atoms with Crippen molar-refractivity contribution in [3.8, 4) is 0 Å². The summed E-state index contributed by atoms with van der Waals surface area (Å²) in [5, 5.41) is 10.8. The maximum Gasteiger partial charge on any atom is 0.295 e. The third-order valence-electron chi connectivity index (χ3n) is 4.77. The van der Waals surface area contributed by atoms with Crippen LogP contribution in [0.5, 0.6) is 0 Å². The summed E-state index contributed by atoms with van der Waals surface area (Å²) in [6, 6.07) is 8.12. The molecule has 0 saturated carbocycles. The van der Waals surface area contributed by atoms with Gasteiger partial charge >= 0.3 is 0 Å². The first-order chi connectivity index (χ1) is 13.4. The number of aliphatic hydroxyl groups is 1. The lowest BCUT2D eigenvalue weighted by atomic mass is 9.95. The normalized spacial score (nSPS) is 18.9. The van der Waals surface area contributed by atoms with Gasteiger partial charge in [-0.25, -0.2) is 4.39 Å². The average Bonchev–Trinajstić information content (AvgIpc) is 2.93. The SMILES string of the molecule is C[NH+](C)CCCN1C(=O)C(=O)C(=C(O)c2ccncc2)[C@@H]1c1ccccc1F. The number of nitrogens with one attached hydrogen (secondary N) is 1. The largest absolute Gasteiger partial charge is 0.507 e. The van der Waals surface area contributed by atoms with E-state index in [1.807, 2.05) is 14.1 Å². The number of Topliss-reactive ketones (excluding diaryl/α,β-unsaturated/α-hetero) is 1. The van der Waals surface area contributed by atoms with E-state index < -0.39 is 23.5 Å². The Hall–Kier alpha value is -3.06.